The fourth-order valence-electron chi connectivity index (χ4n) is 7.72. The fourth-order valence-corrected chi connectivity index (χ4v) is 7.72. The maximum Gasteiger partial charge on any atom is 0.410 e. The van der Waals surface area contributed by atoms with E-state index in [1.54, 1.807) is 24.0 Å². The number of hydrogen-bond acceptors (Lipinski definition) is 9. The Hall–Kier alpha value is -3.02. The molecule has 0 aromatic heterocycles. The minimum atomic E-state index is -1.54. The summed E-state index contributed by atoms with van der Waals surface area (Å²) in [4.78, 5) is 55.3. The molecule has 0 bridgehead atoms. The van der Waals surface area contributed by atoms with Gasteiger partial charge < -0.3 is 39.1 Å². The lowest BCUT2D eigenvalue weighted by Crippen LogP contribution is -2.53. The smallest absolute Gasteiger partial charge is 0.410 e. The fraction of sp³-hybridized carbons (Fsp3) is 0.756. The molecule has 2 N–H and O–H groups in total. The molecule has 1 aliphatic carbocycles. The third-order valence-electron chi connectivity index (χ3n) is 11.4. The normalized spacial score (nSPS) is 25.3. The first kappa shape index (κ1) is 43.4. The minimum absolute atomic E-state index is 0.0178. The average Bonchev–Trinajstić information content (AvgIpc) is 3.27. The average molecular weight is 730 g/mol. The molecule has 8 atom stereocenters. The molecule has 2 heterocycles. The highest BCUT2D eigenvalue weighted by atomic mass is 16.6. The number of likely N-dealkylation sites (tertiary alicyclic amines) is 1. The molecule has 2 aliphatic heterocycles. The Morgan fingerprint density at radius 1 is 0.904 bits per heavy atom. The molecule has 3 rings (SSSR count). The van der Waals surface area contributed by atoms with Crippen molar-refractivity contribution in [3.63, 3.8) is 0 Å². The van der Waals surface area contributed by atoms with Gasteiger partial charge in [-0.1, -0.05) is 69.4 Å². The summed E-state index contributed by atoms with van der Waals surface area (Å²) in [6, 6.07) is 0.930. The quantitative estimate of drug-likeness (QED) is 0.0747. The first-order valence-corrected chi connectivity index (χ1v) is 19.7. The van der Waals surface area contributed by atoms with Gasteiger partial charge in [-0.3, -0.25) is 4.90 Å². The maximum absolute atomic E-state index is 13.5. The number of hydrogen-bond donors (Lipinski definition) is 2. The van der Waals surface area contributed by atoms with Gasteiger partial charge in [0.1, 0.15) is 18.2 Å². The van der Waals surface area contributed by atoms with Crippen molar-refractivity contribution >= 4 is 24.8 Å². The predicted molar refractivity (Wildman–Crippen MR) is 203 cm³/mol. The molecule has 1 saturated carbocycles. The van der Waals surface area contributed by atoms with Crippen molar-refractivity contribution in [2.45, 2.75) is 148 Å². The molecule has 3 aliphatic rings. The number of ether oxygens (including phenoxy) is 2. The first-order chi connectivity index (χ1) is 24.8. The van der Waals surface area contributed by atoms with Crippen LogP contribution >= 0.6 is 0 Å². The largest absolute Gasteiger partial charge is 0.449 e. The van der Waals surface area contributed by atoms with Gasteiger partial charge in [0, 0.05) is 62.6 Å². The van der Waals surface area contributed by atoms with Crippen molar-refractivity contribution in [2.75, 3.05) is 32.8 Å². The Bertz CT molecular complexity index is 1210. The topological polar surface area (TPSA) is 137 Å². The van der Waals surface area contributed by atoms with Gasteiger partial charge in [-0.05, 0) is 78.2 Å². The Labute approximate surface area is 312 Å². The zero-order chi connectivity index (χ0) is 38.3. The van der Waals surface area contributed by atoms with Crippen molar-refractivity contribution in [3.05, 3.63) is 36.0 Å². The van der Waals surface area contributed by atoms with Crippen molar-refractivity contribution in [1.29, 1.82) is 0 Å². The second-order valence-corrected chi connectivity index (χ2v) is 15.9. The zero-order valence-electron chi connectivity index (χ0n) is 32.7. The van der Waals surface area contributed by atoms with Gasteiger partial charge >= 0.3 is 12.2 Å². The predicted octanol–water partition coefficient (Wildman–Crippen LogP) is 6.47. The summed E-state index contributed by atoms with van der Waals surface area (Å²) in [7, 11) is 0. The van der Waals surface area contributed by atoms with E-state index in [4.69, 9.17) is 9.47 Å². The van der Waals surface area contributed by atoms with Crippen LogP contribution in [0.5, 0.6) is 0 Å². The molecule has 2 amide bonds. The Morgan fingerprint density at radius 3 is 2.13 bits per heavy atom. The van der Waals surface area contributed by atoms with Crippen LogP contribution in [-0.2, 0) is 19.1 Å². The molecule has 0 radical (unpaired) electrons. The monoisotopic (exact) mass is 729 g/mol. The SMILES string of the molecule is C/C(=C\C=C\[C@@H](C)COC(=O)N1[C@@H](C)CC[C@@H]1C)[C@@H](C=O)[C@@H](C)/C=C/[C@H](OC(=O)N1CCN(C2CCCCCC2)CC1)[C@@](C)(O)CC[C@H](O)CC=O. The number of aliphatic hydroxyl groups is 2. The van der Waals surface area contributed by atoms with Gasteiger partial charge in [-0.25, -0.2) is 9.59 Å². The molecule has 11 nitrogen and oxygen atoms in total. The number of aliphatic hydroxyl groups excluding tert-OH is 1. The number of allylic oxidation sites excluding steroid dienone is 4. The van der Waals surface area contributed by atoms with E-state index in [0.717, 1.165) is 37.8 Å². The third kappa shape index (κ3) is 13.4. The summed E-state index contributed by atoms with van der Waals surface area (Å²) in [5.41, 5.74) is -0.705. The van der Waals surface area contributed by atoms with E-state index in [0.29, 0.717) is 25.4 Å². The Balaban J connectivity index is 1.63. The maximum atomic E-state index is 13.5. The highest BCUT2D eigenvalue weighted by Crippen LogP contribution is 2.28. The molecule has 11 heteroatoms. The highest BCUT2D eigenvalue weighted by molar-refractivity contribution is 5.69. The molecule has 2 saturated heterocycles. The van der Waals surface area contributed by atoms with Gasteiger partial charge in [-0.15, -0.1) is 0 Å². The van der Waals surface area contributed by atoms with Crippen LogP contribution in [0.1, 0.15) is 112 Å². The lowest BCUT2D eigenvalue weighted by Gasteiger charge is -2.40. The van der Waals surface area contributed by atoms with Gasteiger partial charge in [0.15, 0.2) is 6.10 Å². The molecule has 3 fully saturated rings. The summed E-state index contributed by atoms with van der Waals surface area (Å²) in [6.07, 6.45) is 17.6. The first-order valence-electron chi connectivity index (χ1n) is 19.7. The second kappa shape index (κ2) is 21.6. The number of amides is 2. The minimum Gasteiger partial charge on any atom is -0.449 e. The molecule has 294 valence electrons. The number of carbonyl (C=O) groups is 4. The Morgan fingerprint density at radius 2 is 1.54 bits per heavy atom. The number of nitrogens with zero attached hydrogens (tertiary/aromatic N) is 3. The van der Waals surface area contributed by atoms with E-state index in [2.05, 4.69) is 4.90 Å². The van der Waals surface area contributed by atoms with Crippen LogP contribution in [-0.4, -0.2) is 118 Å². The van der Waals surface area contributed by atoms with Crippen LogP contribution in [0.3, 0.4) is 0 Å². The molecule has 52 heavy (non-hydrogen) atoms. The van der Waals surface area contributed by atoms with Crippen LogP contribution in [0.25, 0.3) is 0 Å². The van der Waals surface area contributed by atoms with Crippen LogP contribution in [0.15, 0.2) is 36.0 Å². The number of carbonyl (C=O) groups excluding carboxylic acids is 4. The van der Waals surface area contributed by atoms with Crippen LogP contribution in [0.4, 0.5) is 9.59 Å². The van der Waals surface area contributed by atoms with E-state index >= 15 is 0 Å². The summed E-state index contributed by atoms with van der Waals surface area (Å²) >= 11 is 0. The van der Waals surface area contributed by atoms with Crippen molar-refractivity contribution < 1.29 is 38.9 Å². The molecule has 0 aromatic carbocycles. The van der Waals surface area contributed by atoms with Gasteiger partial charge in [0.2, 0.25) is 0 Å². The van der Waals surface area contributed by atoms with E-state index < -0.39 is 29.8 Å². The number of rotatable bonds is 17. The summed E-state index contributed by atoms with van der Waals surface area (Å²) in [6.45, 7) is 14.3. The molecule has 0 unspecified atom stereocenters. The second-order valence-electron chi connectivity index (χ2n) is 15.9. The van der Waals surface area contributed by atoms with Gasteiger partial charge in [0.25, 0.3) is 0 Å². The van der Waals surface area contributed by atoms with E-state index in [1.165, 1.54) is 38.5 Å². The van der Waals surface area contributed by atoms with E-state index in [-0.39, 0.29) is 55.9 Å². The van der Waals surface area contributed by atoms with Gasteiger partial charge in [0.05, 0.1) is 12.7 Å². The molecular weight excluding hydrogens is 662 g/mol. The Kier molecular flexibility index (Phi) is 18.0. The van der Waals surface area contributed by atoms with Crippen molar-refractivity contribution in [2.24, 2.45) is 17.8 Å². The van der Waals surface area contributed by atoms with E-state index in [9.17, 15) is 29.4 Å². The standard InChI is InChI=1S/C41H67N3O8/c1-30(29-51-40(49)44-33(4)17-18-34(44)5)12-11-13-31(2)37(28-46)32(3)16-19-38(41(6,50)22-20-36(47)21-27-45)52-39(48)43-25-23-42(24-26-43)35-14-9-7-8-10-15-35/h11-13,16,19,27-28,30,32-38,47,50H,7-10,14-15,17-18,20-26,29H2,1-6H3/b12-11+,19-16+,31-13+/t30-,32+,33+,34+,36+,37-,38+,41+/m1/s1. The third-order valence-corrected chi connectivity index (χ3v) is 11.4. The van der Waals surface area contributed by atoms with Gasteiger partial charge in [-0.2, -0.15) is 0 Å². The summed E-state index contributed by atoms with van der Waals surface area (Å²) in [5, 5.41) is 21.7. The van der Waals surface area contributed by atoms with Crippen LogP contribution in [0.2, 0.25) is 0 Å². The lowest BCUT2D eigenvalue weighted by molar-refractivity contribution is -0.111. The van der Waals surface area contributed by atoms with E-state index in [1.807, 2.05) is 57.7 Å². The van der Waals surface area contributed by atoms with Crippen molar-refractivity contribution in [3.8, 4) is 0 Å². The molecule has 0 aromatic rings. The zero-order valence-corrected chi connectivity index (χ0v) is 32.7. The number of piperazine rings is 1. The van der Waals surface area contributed by atoms with Crippen LogP contribution in [0, 0.1) is 17.8 Å². The summed E-state index contributed by atoms with van der Waals surface area (Å²) < 4.78 is 11.6. The molecule has 0 spiro atoms. The lowest BCUT2D eigenvalue weighted by atomic mass is 9.86. The summed E-state index contributed by atoms with van der Waals surface area (Å²) in [5.74, 6) is -0.776. The highest BCUT2D eigenvalue weighted by Gasteiger charge is 2.37. The number of aldehydes is 2. The molecular formula is C41H67N3O8. The van der Waals surface area contributed by atoms with Crippen LogP contribution < -0.4 is 0 Å². The van der Waals surface area contributed by atoms with Crippen molar-refractivity contribution in [1.82, 2.24) is 14.7 Å².